The molecular formula is C15H30ClN3O2. The van der Waals surface area contributed by atoms with Crippen LogP contribution in [0.1, 0.15) is 38.5 Å². The molecule has 2 heterocycles. The first-order valence-corrected chi connectivity index (χ1v) is 7.99. The van der Waals surface area contributed by atoms with Crippen LogP contribution < -0.4 is 5.73 Å². The number of amides is 1. The molecule has 2 fully saturated rings. The lowest BCUT2D eigenvalue weighted by molar-refractivity contribution is -0.134. The number of rotatable bonds is 4. The van der Waals surface area contributed by atoms with E-state index in [1.165, 1.54) is 12.8 Å². The predicted octanol–water partition coefficient (Wildman–Crippen LogP) is 1.25. The quantitative estimate of drug-likeness (QED) is 0.847. The molecule has 2 rings (SSSR count). The summed E-state index contributed by atoms with van der Waals surface area (Å²) in [5.41, 5.74) is 5.87. The van der Waals surface area contributed by atoms with E-state index in [9.17, 15) is 4.79 Å². The Kier molecular flexibility index (Phi) is 8.56. The predicted molar refractivity (Wildman–Crippen MR) is 86.7 cm³/mol. The third-order valence-electron chi connectivity index (χ3n) is 4.69. The van der Waals surface area contributed by atoms with E-state index in [-0.39, 0.29) is 24.4 Å². The second-order valence-corrected chi connectivity index (χ2v) is 6.04. The van der Waals surface area contributed by atoms with Gasteiger partial charge in [0, 0.05) is 39.3 Å². The number of hydrogen-bond acceptors (Lipinski definition) is 4. The molecule has 124 valence electrons. The number of carbonyl (C=O) groups is 1. The fourth-order valence-corrected chi connectivity index (χ4v) is 3.32. The Morgan fingerprint density at radius 2 is 1.86 bits per heavy atom. The summed E-state index contributed by atoms with van der Waals surface area (Å²) in [6, 6.07) is 0.282. The van der Waals surface area contributed by atoms with E-state index in [1.54, 1.807) is 7.11 Å². The summed E-state index contributed by atoms with van der Waals surface area (Å²) < 4.78 is 5.43. The number of ether oxygens (including phenoxy) is 1. The molecule has 2 unspecified atom stereocenters. The standard InChI is InChI=1S/C15H29N3O2.ClH/c1-20-14-6-9-18(13(10-14)11-16)12-15(19)17-7-4-2-3-5-8-17;/h13-14H,2-12,16H2,1H3;1H. The van der Waals surface area contributed by atoms with Gasteiger partial charge >= 0.3 is 0 Å². The average molecular weight is 320 g/mol. The van der Waals surface area contributed by atoms with Gasteiger partial charge in [-0.1, -0.05) is 12.8 Å². The Morgan fingerprint density at radius 1 is 1.19 bits per heavy atom. The smallest absolute Gasteiger partial charge is 0.236 e. The summed E-state index contributed by atoms with van der Waals surface area (Å²) in [5.74, 6) is 0.279. The molecule has 0 aromatic rings. The maximum atomic E-state index is 12.4. The highest BCUT2D eigenvalue weighted by Gasteiger charge is 2.29. The minimum atomic E-state index is 0. The van der Waals surface area contributed by atoms with Gasteiger partial charge in [-0.05, 0) is 25.7 Å². The summed E-state index contributed by atoms with van der Waals surface area (Å²) in [7, 11) is 1.76. The molecule has 2 aliphatic heterocycles. The number of methoxy groups -OCH3 is 1. The number of hydrogen-bond donors (Lipinski definition) is 1. The maximum absolute atomic E-state index is 12.4. The van der Waals surface area contributed by atoms with Gasteiger partial charge in [0.05, 0.1) is 12.6 Å². The van der Waals surface area contributed by atoms with Gasteiger partial charge in [-0.2, -0.15) is 0 Å². The lowest BCUT2D eigenvalue weighted by Gasteiger charge is -2.38. The number of piperidine rings is 1. The van der Waals surface area contributed by atoms with E-state index < -0.39 is 0 Å². The van der Waals surface area contributed by atoms with Crippen molar-refractivity contribution < 1.29 is 9.53 Å². The first kappa shape index (κ1) is 18.7. The van der Waals surface area contributed by atoms with E-state index in [4.69, 9.17) is 10.5 Å². The lowest BCUT2D eigenvalue weighted by atomic mass is 9.99. The first-order valence-electron chi connectivity index (χ1n) is 7.99. The number of likely N-dealkylation sites (tertiary alicyclic amines) is 2. The van der Waals surface area contributed by atoms with Crippen LogP contribution >= 0.6 is 12.4 Å². The van der Waals surface area contributed by atoms with Gasteiger partial charge in [-0.25, -0.2) is 0 Å². The lowest BCUT2D eigenvalue weighted by Crippen LogP contribution is -2.52. The summed E-state index contributed by atoms with van der Waals surface area (Å²) in [6.07, 6.45) is 7.06. The van der Waals surface area contributed by atoms with Crippen molar-refractivity contribution in [3.63, 3.8) is 0 Å². The van der Waals surface area contributed by atoms with Crippen molar-refractivity contribution in [2.75, 3.05) is 39.8 Å². The summed E-state index contributed by atoms with van der Waals surface area (Å²) in [6.45, 7) is 3.91. The van der Waals surface area contributed by atoms with Crippen LogP contribution in [0.25, 0.3) is 0 Å². The Morgan fingerprint density at radius 3 is 2.43 bits per heavy atom. The van der Waals surface area contributed by atoms with Gasteiger partial charge in [-0.15, -0.1) is 12.4 Å². The van der Waals surface area contributed by atoms with E-state index in [0.29, 0.717) is 19.2 Å². The van der Waals surface area contributed by atoms with Crippen molar-refractivity contribution >= 4 is 18.3 Å². The fourth-order valence-electron chi connectivity index (χ4n) is 3.32. The van der Waals surface area contributed by atoms with Gasteiger partial charge in [0.2, 0.25) is 5.91 Å². The fraction of sp³-hybridized carbons (Fsp3) is 0.933. The molecule has 6 heteroatoms. The third kappa shape index (κ3) is 5.40. The second-order valence-electron chi connectivity index (χ2n) is 6.04. The highest BCUT2D eigenvalue weighted by molar-refractivity contribution is 5.85. The van der Waals surface area contributed by atoms with E-state index >= 15 is 0 Å². The third-order valence-corrected chi connectivity index (χ3v) is 4.69. The van der Waals surface area contributed by atoms with Crippen molar-refractivity contribution in [1.82, 2.24) is 9.80 Å². The molecule has 0 aromatic heterocycles. The SMILES string of the molecule is COC1CCN(CC(=O)N2CCCCCC2)C(CN)C1.Cl. The highest BCUT2D eigenvalue weighted by atomic mass is 35.5. The normalized spacial score (nSPS) is 27.8. The maximum Gasteiger partial charge on any atom is 0.236 e. The monoisotopic (exact) mass is 319 g/mol. The van der Waals surface area contributed by atoms with Crippen LogP contribution in [0.4, 0.5) is 0 Å². The topological polar surface area (TPSA) is 58.8 Å². The van der Waals surface area contributed by atoms with Gasteiger partial charge in [-0.3, -0.25) is 9.69 Å². The van der Waals surface area contributed by atoms with Crippen LogP contribution in [0.2, 0.25) is 0 Å². The minimum Gasteiger partial charge on any atom is -0.381 e. The molecular weight excluding hydrogens is 290 g/mol. The highest BCUT2D eigenvalue weighted by Crippen LogP contribution is 2.19. The van der Waals surface area contributed by atoms with Crippen LogP contribution in [-0.4, -0.2) is 67.7 Å². The zero-order valence-corrected chi connectivity index (χ0v) is 13.9. The summed E-state index contributed by atoms with van der Waals surface area (Å²) >= 11 is 0. The Hall–Kier alpha value is -0.360. The van der Waals surface area contributed by atoms with Gasteiger partial charge in [0.25, 0.3) is 0 Å². The summed E-state index contributed by atoms with van der Waals surface area (Å²) in [5, 5.41) is 0. The Bertz CT molecular complexity index is 309. The molecule has 1 amide bonds. The molecule has 2 aliphatic rings. The molecule has 2 saturated heterocycles. The van der Waals surface area contributed by atoms with Gasteiger partial charge in [0.15, 0.2) is 0 Å². The molecule has 0 radical (unpaired) electrons. The molecule has 2 N–H and O–H groups in total. The van der Waals surface area contributed by atoms with E-state index in [2.05, 4.69) is 4.90 Å². The van der Waals surface area contributed by atoms with Crippen molar-refractivity contribution in [2.24, 2.45) is 5.73 Å². The van der Waals surface area contributed by atoms with Crippen molar-refractivity contribution in [2.45, 2.75) is 50.7 Å². The number of nitrogens with zero attached hydrogens (tertiary/aromatic N) is 2. The van der Waals surface area contributed by atoms with Gasteiger partial charge < -0.3 is 15.4 Å². The molecule has 0 aromatic carbocycles. The van der Waals surface area contributed by atoms with Crippen molar-refractivity contribution in [3.05, 3.63) is 0 Å². The van der Waals surface area contributed by atoms with Crippen LogP contribution in [0, 0.1) is 0 Å². The number of nitrogens with two attached hydrogens (primary N) is 1. The zero-order valence-electron chi connectivity index (χ0n) is 13.1. The van der Waals surface area contributed by atoms with Crippen LogP contribution in [-0.2, 0) is 9.53 Å². The Labute approximate surface area is 134 Å². The molecule has 0 bridgehead atoms. The van der Waals surface area contributed by atoms with Crippen LogP contribution in [0.15, 0.2) is 0 Å². The number of carbonyl (C=O) groups excluding carboxylic acids is 1. The Balaban J connectivity index is 0.00000220. The van der Waals surface area contributed by atoms with Crippen molar-refractivity contribution in [1.29, 1.82) is 0 Å². The van der Waals surface area contributed by atoms with E-state index in [0.717, 1.165) is 45.3 Å². The molecule has 5 nitrogen and oxygen atoms in total. The largest absolute Gasteiger partial charge is 0.381 e. The van der Waals surface area contributed by atoms with Crippen LogP contribution in [0.3, 0.4) is 0 Å². The molecule has 2 atom stereocenters. The van der Waals surface area contributed by atoms with Crippen LogP contribution in [0.5, 0.6) is 0 Å². The molecule has 0 aliphatic carbocycles. The second kappa shape index (κ2) is 9.62. The molecule has 0 saturated carbocycles. The molecule has 0 spiro atoms. The zero-order chi connectivity index (χ0) is 14.4. The minimum absolute atomic E-state index is 0. The average Bonchev–Trinajstić information content (AvgIpc) is 2.76. The van der Waals surface area contributed by atoms with Gasteiger partial charge in [0.1, 0.15) is 0 Å². The first-order chi connectivity index (χ1) is 9.74. The number of halogens is 1. The molecule has 21 heavy (non-hydrogen) atoms. The summed E-state index contributed by atoms with van der Waals surface area (Å²) in [4.78, 5) is 16.7. The van der Waals surface area contributed by atoms with Crippen molar-refractivity contribution in [3.8, 4) is 0 Å². The van der Waals surface area contributed by atoms with E-state index in [1.807, 2.05) is 4.90 Å².